The van der Waals surface area contributed by atoms with Gasteiger partial charge in [-0.3, -0.25) is 4.79 Å². The van der Waals surface area contributed by atoms with Crippen LogP contribution in [0.2, 0.25) is 0 Å². The summed E-state index contributed by atoms with van der Waals surface area (Å²) in [6.07, 6.45) is 12.7. The Hall–Kier alpha value is -1.92. The lowest BCUT2D eigenvalue weighted by Crippen LogP contribution is -2.31. The Morgan fingerprint density at radius 1 is 0.806 bits per heavy atom. The number of hydrogen-bond donors (Lipinski definition) is 2. The summed E-state index contributed by atoms with van der Waals surface area (Å²) in [6, 6.07) is 6.64. The molecule has 2 N–H and O–H groups in total. The fourth-order valence-electron chi connectivity index (χ4n) is 3.65. The summed E-state index contributed by atoms with van der Waals surface area (Å²) in [5.41, 5.74) is 0.907. The number of nitrogens with one attached hydrogen (secondary N) is 1. The molecule has 0 aliphatic heterocycles. The highest BCUT2D eigenvalue weighted by molar-refractivity contribution is 5.66. The number of anilines is 1. The number of benzene rings is 1. The van der Waals surface area contributed by atoms with E-state index < -0.39 is 18.2 Å². The second-order valence-electron chi connectivity index (χ2n) is 9.49. The van der Waals surface area contributed by atoms with E-state index in [2.05, 4.69) is 19.2 Å². The Morgan fingerprint density at radius 3 is 1.69 bits per heavy atom. The monoisotopic (exact) mass is 517 g/mol. The van der Waals surface area contributed by atoms with E-state index in [1.807, 2.05) is 0 Å². The number of ether oxygens (including phenoxy) is 1. The van der Waals surface area contributed by atoms with Gasteiger partial charge in [0.1, 0.15) is 5.75 Å². The number of aliphatic carboxylic acids is 1. The number of hydrogen-bond acceptors (Lipinski definition) is 3. The van der Waals surface area contributed by atoms with Gasteiger partial charge in [-0.25, -0.2) is 0 Å². The number of carboxylic acids is 1. The molecule has 0 saturated carbocycles. The predicted molar refractivity (Wildman–Crippen MR) is 144 cm³/mol. The minimum absolute atomic E-state index is 0.234. The maximum Gasteiger partial charge on any atom is 0.425 e. The van der Waals surface area contributed by atoms with Crippen molar-refractivity contribution in [1.29, 1.82) is 0 Å². The van der Waals surface area contributed by atoms with Crippen LogP contribution in [0.4, 0.5) is 18.9 Å². The van der Waals surface area contributed by atoms with E-state index in [9.17, 15) is 18.0 Å². The first-order valence-electron chi connectivity index (χ1n) is 14.0. The Kier molecular flexibility index (Phi) is 21.1. The van der Waals surface area contributed by atoms with Crippen molar-refractivity contribution in [1.82, 2.24) is 0 Å². The fourth-order valence-corrected chi connectivity index (χ4v) is 3.65. The molecule has 210 valence electrons. The average molecular weight is 518 g/mol. The van der Waals surface area contributed by atoms with Crippen molar-refractivity contribution < 1.29 is 27.8 Å². The summed E-state index contributed by atoms with van der Waals surface area (Å²) in [7, 11) is 0. The average Bonchev–Trinajstić information content (AvgIpc) is 2.83. The molecule has 0 fully saturated rings. The molecule has 0 aliphatic carbocycles. The summed E-state index contributed by atoms with van der Waals surface area (Å²) in [5, 5.41) is 11.6. The Bertz CT molecular complexity index is 636. The number of carbonyl (C=O) groups is 1. The van der Waals surface area contributed by atoms with Crippen LogP contribution in [0.3, 0.4) is 0 Å². The van der Waals surface area contributed by atoms with Gasteiger partial charge in [-0.15, -0.1) is 0 Å². The minimum atomic E-state index is -4.34. The summed E-state index contributed by atoms with van der Waals surface area (Å²) < 4.78 is 42.2. The van der Waals surface area contributed by atoms with Gasteiger partial charge in [-0.1, -0.05) is 97.3 Å². The molecule has 0 amide bonds. The number of carboxylic acid groups (broad SMARTS) is 1. The molecule has 4 nitrogen and oxygen atoms in total. The first-order chi connectivity index (χ1) is 17.2. The Labute approximate surface area is 217 Å². The number of rotatable bonds is 20. The van der Waals surface area contributed by atoms with Crippen molar-refractivity contribution in [3.05, 3.63) is 24.3 Å². The molecular formula is C29H50F3NO3. The molecule has 0 bridgehead atoms. The minimum Gasteiger partial charge on any atom is -0.481 e. The molecular weight excluding hydrogens is 467 g/mol. The molecule has 0 aromatic heterocycles. The highest BCUT2D eigenvalue weighted by Crippen LogP contribution is 2.25. The highest BCUT2D eigenvalue weighted by Gasteiger charge is 2.37. The number of unbranched alkanes of at least 4 members (excludes halogenated alkanes) is 13. The summed E-state index contributed by atoms with van der Waals surface area (Å²) >= 11 is 0. The molecule has 0 radical (unpaired) electrons. The zero-order chi connectivity index (χ0) is 27.1. The van der Waals surface area contributed by atoms with Crippen LogP contribution in [-0.4, -0.2) is 29.9 Å². The molecule has 0 aliphatic rings. The van der Waals surface area contributed by atoms with Crippen LogP contribution in [-0.2, 0) is 4.79 Å². The standard InChI is InChI=1S/C19H30F3NO.C10H20O2/c1-3-4-5-6-7-8-9-10-15-23-17-11-13-18(14-12-17)24-16(2)19(20,21)22;1-2-3-4-5-6-7-8-9-10(11)12/h11-14,16,23H,3-10,15H2,1-2H3;2-9H2,1H3,(H,11,12). The summed E-state index contributed by atoms with van der Waals surface area (Å²) in [5.74, 6) is -0.430. The lowest BCUT2D eigenvalue weighted by Gasteiger charge is -2.17. The zero-order valence-corrected chi connectivity index (χ0v) is 22.8. The van der Waals surface area contributed by atoms with Crippen molar-refractivity contribution in [2.75, 3.05) is 11.9 Å². The van der Waals surface area contributed by atoms with Crippen LogP contribution >= 0.6 is 0 Å². The van der Waals surface area contributed by atoms with Gasteiger partial charge < -0.3 is 15.2 Å². The topological polar surface area (TPSA) is 58.6 Å². The van der Waals surface area contributed by atoms with Crippen molar-refractivity contribution >= 4 is 11.7 Å². The van der Waals surface area contributed by atoms with E-state index >= 15 is 0 Å². The van der Waals surface area contributed by atoms with Gasteiger partial charge in [0.15, 0.2) is 6.10 Å². The molecule has 1 rings (SSSR count). The second kappa shape index (κ2) is 22.3. The van der Waals surface area contributed by atoms with Crippen LogP contribution in [0.5, 0.6) is 5.75 Å². The molecule has 36 heavy (non-hydrogen) atoms. The third kappa shape index (κ3) is 21.4. The maximum absolute atomic E-state index is 12.4. The van der Waals surface area contributed by atoms with E-state index in [-0.39, 0.29) is 5.75 Å². The van der Waals surface area contributed by atoms with Crippen LogP contribution in [0.1, 0.15) is 124 Å². The quantitative estimate of drug-likeness (QED) is 0.169. The van der Waals surface area contributed by atoms with E-state index in [1.54, 1.807) is 24.3 Å². The first-order valence-corrected chi connectivity index (χ1v) is 14.0. The molecule has 7 heteroatoms. The predicted octanol–water partition coefficient (Wildman–Crippen LogP) is 9.78. The largest absolute Gasteiger partial charge is 0.481 e. The van der Waals surface area contributed by atoms with Crippen LogP contribution < -0.4 is 10.1 Å². The van der Waals surface area contributed by atoms with E-state index in [0.717, 1.165) is 38.4 Å². The van der Waals surface area contributed by atoms with Gasteiger partial charge in [0.2, 0.25) is 0 Å². The van der Waals surface area contributed by atoms with Crippen LogP contribution in [0.25, 0.3) is 0 Å². The lowest BCUT2D eigenvalue weighted by atomic mass is 10.1. The normalized spacial score (nSPS) is 11.9. The third-order valence-electron chi connectivity index (χ3n) is 5.98. The van der Waals surface area contributed by atoms with E-state index in [0.29, 0.717) is 6.42 Å². The zero-order valence-electron chi connectivity index (χ0n) is 22.8. The van der Waals surface area contributed by atoms with Crippen LogP contribution in [0.15, 0.2) is 24.3 Å². The van der Waals surface area contributed by atoms with Crippen molar-refractivity contribution in [3.8, 4) is 5.75 Å². The van der Waals surface area contributed by atoms with Gasteiger partial charge in [-0.05, 0) is 44.0 Å². The third-order valence-corrected chi connectivity index (χ3v) is 5.98. The first kappa shape index (κ1) is 34.1. The second-order valence-corrected chi connectivity index (χ2v) is 9.49. The van der Waals surface area contributed by atoms with Gasteiger partial charge >= 0.3 is 12.1 Å². The van der Waals surface area contributed by atoms with Gasteiger partial charge in [0.25, 0.3) is 0 Å². The fraction of sp³-hybridized carbons (Fsp3) is 0.759. The molecule has 1 atom stereocenters. The molecule has 0 heterocycles. The summed E-state index contributed by atoms with van der Waals surface area (Å²) in [4.78, 5) is 10.1. The van der Waals surface area contributed by atoms with Gasteiger partial charge in [-0.2, -0.15) is 13.2 Å². The molecule has 0 spiro atoms. The highest BCUT2D eigenvalue weighted by atomic mass is 19.4. The molecule has 0 saturated heterocycles. The lowest BCUT2D eigenvalue weighted by molar-refractivity contribution is -0.189. The molecule has 1 unspecified atom stereocenters. The van der Waals surface area contributed by atoms with Crippen LogP contribution in [0, 0.1) is 0 Å². The van der Waals surface area contributed by atoms with E-state index in [4.69, 9.17) is 9.84 Å². The smallest absolute Gasteiger partial charge is 0.425 e. The van der Waals surface area contributed by atoms with Crippen molar-refractivity contribution in [3.63, 3.8) is 0 Å². The Balaban J connectivity index is 0.000000860. The molecule has 1 aromatic carbocycles. The number of alkyl halides is 3. The SMILES string of the molecule is CCCCCCCCCC(=O)O.CCCCCCCCCCNc1ccc(OC(C)C(F)(F)F)cc1. The Morgan fingerprint density at radius 2 is 1.25 bits per heavy atom. The van der Waals surface area contributed by atoms with Crippen molar-refractivity contribution in [2.24, 2.45) is 0 Å². The molecule has 1 aromatic rings. The number of halogens is 3. The van der Waals surface area contributed by atoms with Crippen molar-refractivity contribution in [2.45, 2.75) is 136 Å². The van der Waals surface area contributed by atoms with Gasteiger partial charge in [0.05, 0.1) is 0 Å². The maximum atomic E-state index is 12.4. The van der Waals surface area contributed by atoms with E-state index in [1.165, 1.54) is 77.0 Å². The van der Waals surface area contributed by atoms with Gasteiger partial charge in [0, 0.05) is 18.7 Å². The summed E-state index contributed by atoms with van der Waals surface area (Å²) in [6.45, 7) is 6.31.